The third-order valence-electron chi connectivity index (χ3n) is 5.03. The molecule has 29 heavy (non-hydrogen) atoms. The van der Waals surface area contributed by atoms with Crippen LogP contribution in [0.25, 0.3) is 11.3 Å². The van der Waals surface area contributed by atoms with E-state index in [0.717, 1.165) is 48.3 Å². The quantitative estimate of drug-likeness (QED) is 0.692. The van der Waals surface area contributed by atoms with E-state index in [0.29, 0.717) is 22.8 Å². The number of benzene rings is 1. The highest BCUT2D eigenvalue weighted by atomic mass is 35.5. The van der Waals surface area contributed by atoms with E-state index in [-0.39, 0.29) is 11.9 Å². The summed E-state index contributed by atoms with van der Waals surface area (Å²) in [5, 5.41) is 20.9. The number of carbonyl (C=O) groups is 1. The van der Waals surface area contributed by atoms with E-state index in [1.807, 2.05) is 31.3 Å². The van der Waals surface area contributed by atoms with Crippen LogP contribution in [-0.4, -0.2) is 26.9 Å². The Morgan fingerprint density at radius 1 is 1.38 bits per heavy atom. The van der Waals surface area contributed by atoms with E-state index in [9.17, 15) is 4.79 Å². The summed E-state index contributed by atoms with van der Waals surface area (Å²) in [4.78, 5) is 12.6. The Morgan fingerprint density at radius 3 is 3.00 bits per heavy atom. The maximum atomic E-state index is 12.6. The number of aromatic nitrogens is 3. The SMILES string of the molecule is CC(Cn1ccc(-c2ccc(C#N)c(Cl)c2)n1)NC(=O)c1noc2c1CCCC2. The fraction of sp³-hybridized carbons (Fsp3) is 0.333. The second kappa shape index (κ2) is 8.10. The van der Waals surface area contributed by atoms with Gasteiger partial charge >= 0.3 is 0 Å². The van der Waals surface area contributed by atoms with Crippen molar-refractivity contribution in [1.82, 2.24) is 20.3 Å². The normalized spacial score (nSPS) is 14.1. The average Bonchev–Trinajstić information content (AvgIpc) is 3.34. The fourth-order valence-electron chi connectivity index (χ4n) is 3.56. The molecule has 0 spiro atoms. The summed E-state index contributed by atoms with van der Waals surface area (Å²) in [6.45, 7) is 2.43. The van der Waals surface area contributed by atoms with Gasteiger partial charge in [-0.3, -0.25) is 9.48 Å². The predicted octanol–water partition coefficient (Wildman–Crippen LogP) is 3.76. The molecule has 2 heterocycles. The molecule has 148 valence electrons. The Labute approximate surface area is 173 Å². The molecule has 0 aliphatic heterocycles. The summed E-state index contributed by atoms with van der Waals surface area (Å²) in [5.41, 5.74) is 3.36. The van der Waals surface area contributed by atoms with Gasteiger partial charge in [-0.15, -0.1) is 0 Å². The third kappa shape index (κ3) is 4.03. The van der Waals surface area contributed by atoms with Crippen LogP contribution in [-0.2, 0) is 19.4 Å². The molecular weight excluding hydrogens is 390 g/mol. The minimum Gasteiger partial charge on any atom is -0.360 e. The first kappa shape index (κ1) is 19.2. The predicted molar refractivity (Wildman–Crippen MR) is 107 cm³/mol. The second-order valence-corrected chi connectivity index (χ2v) is 7.65. The molecule has 1 aromatic carbocycles. The molecule has 1 amide bonds. The van der Waals surface area contributed by atoms with Gasteiger partial charge in [0.15, 0.2) is 5.69 Å². The van der Waals surface area contributed by atoms with Gasteiger partial charge in [0.25, 0.3) is 5.91 Å². The molecule has 1 atom stereocenters. The molecule has 0 radical (unpaired) electrons. The van der Waals surface area contributed by atoms with Gasteiger partial charge < -0.3 is 9.84 Å². The Bertz CT molecular complexity index is 1090. The molecule has 8 heteroatoms. The van der Waals surface area contributed by atoms with Gasteiger partial charge in [-0.2, -0.15) is 10.4 Å². The number of rotatable bonds is 5. The number of hydrogen-bond donors (Lipinski definition) is 1. The lowest BCUT2D eigenvalue weighted by Gasteiger charge is -2.14. The molecule has 3 aromatic rings. The summed E-state index contributed by atoms with van der Waals surface area (Å²) in [5.74, 6) is 0.627. The van der Waals surface area contributed by atoms with Crippen LogP contribution in [0, 0.1) is 11.3 Å². The van der Waals surface area contributed by atoms with Gasteiger partial charge in [0.1, 0.15) is 11.8 Å². The van der Waals surface area contributed by atoms with E-state index in [4.69, 9.17) is 21.4 Å². The first-order chi connectivity index (χ1) is 14.0. The van der Waals surface area contributed by atoms with Gasteiger partial charge in [0.2, 0.25) is 0 Å². The van der Waals surface area contributed by atoms with Crippen LogP contribution in [0.2, 0.25) is 5.02 Å². The maximum Gasteiger partial charge on any atom is 0.274 e. The minimum absolute atomic E-state index is 0.143. The number of hydrogen-bond acceptors (Lipinski definition) is 5. The summed E-state index contributed by atoms with van der Waals surface area (Å²) < 4.78 is 7.10. The molecule has 0 bridgehead atoms. The Hall–Kier alpha value is -3.11. The molecule has 7 nitrogen and oxygen atoms in total. The Morgan fingerprint density at radius 2 is 2.21 bits per heavy atom. The van der Waals surface area contributed by atoms with Gasteiger partial charge in [-0.05, 0) is 44.4 Å². The first-order valence-corrected chi connectivity index (χ1v) is 9.94. The zero-order chi connectivity index (χ0) is 20.4. The number of nitriles is 1. The Balaban J connectivity index is 1.41. The van der Waals surface area contributed by atoms with Crippen molar-refractivity contribution in [3.05, 3.63) is 58.1 Å². The lowest BCUT2D eigenvalue weighted by Crippen LogP contribution is -2.36. The van der Waals surface area contributed by atoms with Crippen molar-refractivity contribution in [2.24, 2.45) is 0 Å². The average molecular weight is 410 g/mol. The minimum atomic E-state index is -0.212. The lowest BCUT2D eigenvalue weighted by molar-refractivity contribution is 0.0926. The van der Waals surface area contributed by atoms with Crippen LogP contribution < -0.4 is 5.32 Å². The Kier molecular flexibility index (Phi) is 5.36. The number of nitrogens with one attached hydrogen (secondary N) is 1. The summed E-state index contributed by atoms with van der Waals surface area (Å²) in [6.07, 6.45) is 5.67. The first-order valence-electron chi connectivity index (χ1n) is 9.57. The molecule has 0 saturated carbocycles. The topological polar surface area (TPSA) is 96.7 Å². The number of aryl methyl sites for hydroxylation is 1. The van der Waals surface area contributed by atoms with Crippen LogP contribution in [0.3, 0.4) is 0 Å². The molecule has 1 unspecified atom stereocenters. The van der Waals surface area contributed by atoms with Crippen molar-refractivity contribution in [2.45, 2.75) is 45.2 Å². The van der Waals surface area contributed by atoms with E-state index in [2.05, 4.69) is 15.6 Å². The van der Waals surface area contributed by atoms with Gasteiger partial charge in [0, 0.05) is 29.8 Å². The van der Waals surface area contributed by atoms with Gasteiger partial charge in [-0.1, -0.05) is 22.8 Å². The van der Waals surface area contributed by atoms with E-state index in [1.165, 1.54) is 0 Å². The van der Waals surface area contributed by atoms with Gasteiger partial charge in [-0.25, -0.2) is 0 Å². The third-order valence-corrected chi connectivity index (χ3v) is 5.34. The molecular formula is C21H20ClN5O2. The molecule has 1 N–H and O–H groups in total. The van der Waals surface area contributed by atoms with E-state index in [1.54, 1.807) is 16.8 Å². The standard InChI is InChI=1S/C21H20ClN5O2/c1-13(24-21(28)20-16-4-2-3-5-19(16)29-26-20)12-27-9-8-18(25-27)14-6-7-15(11-23)17(22)10-14/h6-10,13H,2-5,12H2,1H3,(H,24,28). The largest absolute Gasteiger partial charge is 0.360 e. The smallest absolute Gasteiger partial charge is 0.274 e. The highest BCUT2D eigenvalue weighted by Gasteiger charge is 2.24. The molecule has 0 fully saturated rings. The van der Waals surface area contributed by atoms with Crippen molar-refractivity contribution in [3.63, 3.8) is 0 Å². The van der Waals surface area contributed by atoms with Crippen molar-refractivity contribution >= 4 is 17.5 Å². The van der Waals surface area contributed by atoms with Crippen LogP contribution in [0.5, 0.6) is 0 Å². The van der Waals surface area contributed by atoms with Crippen LogP contribution in [0.15, 0.2) is 35.0 Å². The van der Waals surface area contributed by atoms with Gasteiger partial charge in [0.05, 0.1) is 22.8 Å². The van der Waals surface area contributed by atoms with Crippen LogP contribution >= 0.6 is 11.6 Å². The van der Waals surface area contributed by atoms with Crippen LogP contribution in [0.4, 0.5) is 0 Å². The highest BCUT2D eigenvalue weighted by Crippen LogP contribution is 2.25. The number of fused-ring (bicyclic) bond motifs is 1. The number of carbonyl (C=O) groups excluding carboxylic acids is 1. The maximum absolute atomic E-state index is 12.6. The van der Waals surface area contributed by atoms with E-state index >= 15 is 0 Å². The summed E-state index contributed by atoms with van der Waals surface area (Å²) in [6, 6.07) is 9.00. The summed E-state index contributed by atoms with van der Waals surface area (Å²) >= 11 is 6.11. The van der Waals surface area contributed by atoms with Crippen molar-refractivity contribution in [3.8, 4) is 17.3 Å². The molecule has 0 saturated heterocycles. The zero-order valence-corrected chi connectivity index (χ0v) is 16.7. The fourth-order valence-corrected chi connectivity index (χ4v) is 3.79. The van der Waals surface area contributed by atoms with Crippen LogP contribution in [0.1, 0.15) is 47.1 Å². The van der Waals surface area contributed by atoms with Crippen molar-refractivity contribution < 1.29 is 9.32 Å². The highest BCUT2D eigenvalue weighted by molar-refractivity contribution is 6.32. The van der Waals surface area contributed by atoms with E-state index < -0.39 is 0 Å². The monoisotopic (exact) mass is 409 g/mol. The van der Waals surface area contributed by atoms with Crippen molar-refractivity contribution in [1.29, 1.82) is 5.26 Å². The number of halogens is 1. The number of nitrogens with zero attached hydrogens (tertiary/aromatic N) is 4. The second-order valence-electron chi connectivity index (χ2n) is 7.24. The molecule has 2 aromatic heterocycles. The molecule has 1 aliphatic carbocycles. The zero-order valence-electron chi connectivity index (χ0n) is 16.0. The molecule has 1 aliphatic rings. The number of amides is 1. The molecule has 4 rings (SSSR count). The lowest BCUT2D eigenvalue weighted by atomic mass is 9.96. The summed E-state index contributed by atoms with van der Waals surface area (Å²) in [7, 11) is 0. The van der Waals surface area contributed by atoms with Crippen molar-refractivity contribution in [2.75, 3.05) is 0 Å².